The van der Waals surface area contributed by atoms with Crippen molar-refractivity contribution < 1.29 is 19.1 Å². The van der Waals surface area contributed by atoms with E-state index in [2.05, 4.69) is 10.2 Å². The fourth-order valence-corrected chi connectivity index (χ4v) is 5.59. The quantitative estimate of drug-likeness (QED) is 0.456. The van der Waals surface area contributed by atoms with Crippen molar-refractivity contribution in [2.24, 2.45) is 5.92 Å². The van der Waals surface area contributed by atoms with Crippen molar-refractivity contribution in [2.75, 3.05) is 44.8 Å². The fourth-order valence-electron chi connectivity index (χ4n) is 5.59. The van der Waals surface area contributed by atoms with Crippen LogP contribution in [0, 0.1) is 5.92 Å². The third-order valence-electron chi connectivity index (χ3n) is 7.23. The molecule has 0 radical (unpaired) electrons. The zero-order valence-electron chi connectivity index (χ0n) is 19.6. The number of piperidine rings is 2. The molecule has 3 fully saturated rings. The van der Waals surface area contributed by atoms with Crippen LogP contribution in [0.3, 0.4) is 0 Å². The fraction of sp³-hybridized carbons (Fsp3) is 0.640. The summed E-state index contributed by atoms with van der Waals surface area (Å²) in [6, 6.07) is 8.09. The molecule has 8 nitrogen and oxygen atoms in total. The van der Waals surface area contributed by atoms with Crippen LogP contribution in [0.15, 0.2) is 30.3 Å². The van der Waals surface area contributed by atoms with Gasteiger partial charge < -0.3 is 19.9 Å². The molecule has 1 N–H and O–H groups in total. The first-order valence-corrected chi connectivity index (χ1v) is 12.3. The van der Waals surface area contributed by atoms with E-state index in [4.69, 9.17) is 4.74 Å². The number of benzene rings is 1. The number of fused-ring (bicyclic) bond motifs is 1. The topological polar surface area (TPSA) is 82.2 Å². The van der Waals surface area contributed by atoms with Gasteiger partial charge in [0.15, 0.2) is 0 Å². The summed E-state index contributed by atoms with van der Waals surface area (Å²) in [5.74, 6) is 0.0142. The molecule has 0 bridgehead atoms. The predicted octanol–water partition coefficient (Wildman–Crippen LogP) is 2.63. The van der Waals surface area contributed by atoms with Crippen molar-refractivity contribution >= 4 is 23.5 Å². The Balaban J connectivity index is 1.42. The Morgan fingerprint density at radius 1 is 1.12 bits per heavy atom. The molecule has 3 saturated heterocycles. The molecule has 4 amide bonds. The first-order valence-electron chi connectivity index (χ1n) is 12.3. The monoisotopic (exact) mass is 456 g/mol. The minimum atomic E-state index is -0.826. The SMILES string of the molecule is COCCCN(CC1CCCN2CCCCC12)C(=O)CC1NC(=O)N(c2ccccc2)C1=O. The highest BCUT2D eigenvalue weighted by Crippen LogP contribution is 2.31. The van der Waals surface area contributed by atoms with Crippen molar-refractivity contribution in [3.8, 4) is 0 Å². The minimum absolute atomic E-state index is 0.0119. The molecule has 3 unspecified atom stereocenters. The normalized spacial score (nSPS) is 25.6. The van der Waals surface area contributed by atoms with Crippen LogP contribution in [-0.4, -0.2) is 79.6 Å². The maximum Gasteiger partial charge on any atom is 0.329 e. The molecule has 180 valence electrons. The lowest BCUT2D eigenvalue weighted by Gasteiger charge is -2.45. The number of amides is 4. The second-order valence-corrected chi connectivity index (χ2v) is 9.40. The molecule has 0 saturated carbocycles. The molecule has 4 rings (SSSR count). The van der Waals surface area contributed by atoms with E-state index < -0.39 is 12.1 Å². The molecule has 3 heterocycles. The zero-order valence-corrected chi connectivity index (χ0v) is 19.6. The van der Waals surface area contributed by atoms with Crippen molar-refractivity contribution in [2.45, 2.75) is 57.0 Å². The Morgan fingerprint density at radius 3 is 2.70 bits per heavy atom. The number of nitrogens with zero attached hydrogens (tertiary/aromatic N) is 3. The number of carbonyl (C=O) groups is 3. The van der Waals surface area contributed by atoms with Crippen LogP contribution in [0.2, 0.25) is 0 Å². The standard InChI is InChI=1S/C25H36N4O4/c1-33-16-8-15-28(18-19-9-7-14-27-13-6-5-12-22(19)27)23(30)17-21-24(31)29(25(32)26-21)20-10-3-2-4-11-20/h2-4,10-11,19,21-22H,5-9,12-18H2,1H3,(H,26,32). The molecule has 3 aliphatic heterocycles. The number of carbonyl (C=O) groups excluding carboxylic acids is 3. The van der Waals surface area contributed by atoms with Gasteiger partial charge in [0.2, 0.25) is 5.91 Å². The number of para-hydroxylation sites is 1. The number of urea groups is 1. The van der Waals surface area contributed by atoms with Gasteiger partial charge in [-0.3, -0.25) is 9.59 Å². The van der Waals surface area contributed by atoms with E-state index in [9.17, 15) is 14.4 Å². The van der Waals surface area contributed by atoms with Gasteiger partial charge in [-0.15, -0.1) is 0 Å². The number of anilines is 1. The van der Waals surface area contributed by atoms with Crippen LogP contribution in [-0.2, 0) is 14.3 Å². The van der Waals surface area contributed by atoms with Crippen LogP contribution in [0.4, 0.5) is 10.5 Å². The van der Waals surface area contributed by atoms with Crippen molar-refractivity contribution in [1.82, 2.24) is 15.1 Å². The molecule has 0 aliphatic carbocycles. The summed E-state index contributed by atoms with van der Waals surface area (Å²) in [6.45, 7) is 4.23. The maximum absolute atomic E-state index is 13.4. The molecule has 1 aromatic carbocycles. The van der Waals surface area contributed by atoms with E-state index in [1.165, 1.54) is 25.7 Å². The van der Waals surface area contributed by atoms with E-state index in [0.717, 1.165) is 30.8 Å². The van der Waals surface area contributed by atoms with Gasteiger partial charge in [0.05, 0.1) is 12.1 Å². The highest BCUT2D eigenvalue weighted by molar-refractivity contribution is 6.22. The highest BCUT2D eigenvalue weighted by Gasteiger charge is 2.41. The Kier molecular flexibility index (Phi) is 7.98. The zero-order chi connectivity index (χ0) is 23.2. The molecule has 3 atom stereocenters. The predicted molar refractivity (Wildman–Crippen MR) is 126 cm³/mol. The van der Waals surface area contributed by atoms with Gasteiger partial charge in [-0.1, -0.05) is 24.6 Å². The van der Waals surface area contributed by atoms with Gasteiger partial charge >= 0.3 is 6.03 Å². The number of nitrogens with one attached hydrogen (secondary N) is 1. The van der Waals surface area contributed by atoms with Gasteiger partial charge in [-0.2, -0.15) is 0 Å². The van der Waals surface area contributed by atoms with Crippen LogP contribution in [0.5, 0.6) is 0 Å². The van der Waals surface area contributed by atoms with Gasteiger partial charge in [-0.05, 0) is 63.2 Å². The summed E-state index contributed by atoms with van der Waals surface area (Å²) >= 11 is 0. The summed E-state index contributed by atoms with van der Waals surface area (Å²) in [6.07, 6.45) is 6.77. The van der Waals surface area contributed by atoms with E-state index in [1.807, 2.05) is 11.0 Å². The maximum atomic E-state index is 13.4. The molecular weight excluding hydrogens is 420 g/mol. The Labute approximate surface area is 196 Å². The number of rotatable bonds is 9. The van der Waals surface area contributed by atoms with E-state index in [1.54, 1.807) is 31.4 Å². The lowest BCUT2D eigenvalue weighted by Crippen LogP contribution is -2.52. The summed E-state index contributed by atoms with van der Waals surface area (Å²) in [4.78, 5) is 44.5. The Morgan fingerprint density at radius 2 is 1.91 bits per heavy atom. The molecule has 1 aromatic rings. The van der Waals surface area contributed by atoms with Crippen molar-refractivity contribution in [1.29, 1.82) is 0 Å². The lowest BCUT2D eigenvalue weighted by molar-refractivity contribution is -0.135. The van der Waals surface area contributed by atoms with Gasteiger partial charge in [0.25, 0.3) is 5.91 Å². The Hall–Kier alpha value is -2.45. The van der Waals surface area contributed by atoms with Gasteiger partial charge in [-0.25, -0.2) is 9.69 Å². The number of hydrogen-bond donors (Lipinski definition) is 1. The third kappa shape index (κ3) is 5.55. The van der Waals surface area contributed by atoms with E-state index in [-0.39, 0.29) is 18.2 Å². The summed E-state index contributed by atoms with van der Waals surface area (Å²) in [5.41, 5.74) is 0.520. The van der Waals surface area contributed by atoms with Gasteiger partial charge in [0.1, 0.15) is 6.04 Å². The average Bonchev–Trinajstić information content (AvgIpc) is 3.11. The third-order valence-corrected chi connectivity index (χ3v) is 7.23. The summed E-state index contributed by atoms with van der Waals surface area (Å²) < 4.78 is 5.21. The molecule has 8 heteroatoms. The molecular formula is C25H36N4O4. The van der Waals surface area contributed by atoms with Crippen LogP contribution < -0.4 is 10.2 Å². The average molecular weight is 457 g/mol. The number of ether oxygens (including phenoxy) is 1. The number of hydrogen-bond acceptors (Lipinski definition) is 5. The van der Waals surface area contributed by atoms with Crippen LogP contribution >= 0.6 is 0 Å². The molecule has 0 spiro atoms. The van der Waals surface area contributed by atoms with Crippen LogP contribution in [0.1, 0.15) is 44.9 Å². The minimum Gasteiger partial charge on any atom is -0.385 e. The van der Waals surface area contributed by atoms with E-state index >= 15 is 0 Å². The van der Waals surface area contributed by atoms with E-state index in [0.29, 0.717) is 37.3 Å². The second kappa shape index (κ2) is 11.1. The number of imide groups is 1. The number of methoxy groups -OCH3 is 1. The summed E-state index contributed by atoms with van der Waals surface area (Å²) in [5, 5.41) is 2.71. The first-order chi connectivity index (χ1) is 16.1. The molecule has 3 aliphatic rings. The smallest absolute Gasteiger partial charge is 0.329 e. The van der Waals surface area contributed by atoms with Crippen molar-refractivity contribution in [3.05, 3.63) is 30.3 Å². The lowest BCUT2D eigenvalue weighted by atomic mass is 9.83. The summed E-state index contributed by atoms with van der Waals surface area (Å²) in [7, 11) is 1.66. The highest BCUT2D eigenvalue weighted by atomic mass is 16.5. The Bertz CT molecular complexity index is 831. The van der Waals surface area contributed by atoms with Crippen molar-refractivity contribution in [3.63, 3.8) is 0 Å². The second-order valence-electron chi connectivity index (χ2n) is 9.40. The van der Waals surface area contributed by atoms with Gasteiger partial charge in [0, 0.05) is 32.8 Å². The largest absolute Gasteiger partial charge is 0.385 e. The molecule has 0 aromatic heterocycles. The molecule has 33 heavy (non-hydrogen) atoms. The first kappa shape index (κ1) is 23.7. The van der Waals surface area contributed by atoms with Crippen LogP contribution in [0.25, 0.3) is 0 Å².